The third kappa shape index (κ3) is 7.19. The fourth-order valence-electron chi connectivity index (χ4n) is 5.62. The molecule has 43 heavy (non-hydrogen) atoms. The Morgan fingerprint density at radius 3 is 2.09 bits per heavy atom. The molecular weight excluding hydrogens is 580 g/mol. The molecule has 1 heterocycles. The predicted octanol–water partition coefficient (Wildman–Crippen LogP) is 6.78. The molecule has 7 nitrogen and oxygen atoms in total. The van der Waals surface area contributed by atoms with Gasteiger partial charge < -0.3 is 15.3 Å². The number of benzene rings is 2. The SMILES string of the molecule is C.CC[C@H](c1ccc(C(=O)NCCC(=O)O)cc1)N1C(=O)C(c2ccc(C(F)(F)F)cc2)=NC12CCC(C(F)(F)F)CC2. The summed E-state index contributed by atoms with van der Waals surface area (Å²) in [7, 11) is 0. The summed E-state index contributed by atoms with van der Waals surface area (Å²) in [6, 6.07) is 9.50. The van der Waals surface area contributed by atoms with Crippen LogP contribution in [0.2, 0.25) is 0 Å². The molecule has 0 saturated heterocycles. The third-order valence-corrected chi connectivity index (χ3v) is 7.81. The van der Waals surface area contributed by atoms with E-state index in [0.717, 1.165) is 24.3 Å². The maximum Gasteiger partial charge on any atom is 0.416 e. The Balaban J connectivity index is 0.00000506. The topological polar surface area (TPSA) is 99.1 Å². The highest BCUT2D eigenvalue weighted by molar-refractivity contribution is 6.46. The molecule has 1 saturated carbocycles. The summed E-state index contributed by atoms with van der Waals surface area (Å²) in [5, 5.41) is 11.2. The van der Waals surface area contributed by atoms with E-state index < -0.39 is 53.3 Å². The number of carboxylic acid groups (broad SMARTS) is 1. The number of halogens is 6. The second kappa shape index (κ2) is 12.8. The summed E-state index contributed by atoms with van der Waals surface area (Å²) in [5.41, 5.74) is -1.36. The van der Waals surface area contributed by atoms with Crippen LogP contribution in [0.15, 0.2) is 53.5 Å². The minimum absolute atomic E-state index is 0. The van der Waals surface area contributed by atoms with Gasteiger partial charge in [-0.15, -0.1) is 0 Å². The molecule has 2 N–H and O–H groups in total. The van der Waals surface area contributed by atoms with Crippen LogP contribution in [0.5, 0.6) is 0 Å². The van der Waals surface area contributed by atoms with Gasteiger partial charge in [0.25, 0.3) is 11.8 Å². The molecule has 2 aromatic carbocycles. The zero-order valence-electron chi connectivity index (χ0n) is 22.6. The van der Waals surface area contributed by atoms with E-state index in [1.54, 1.807) is 19.1 Å². The standard InChI is InChI=1S/C29H29F6N3O4.CH4/c1-2-22(17-3-5-19(6-4-17)25(41)36-16-13-23(39)40)38-26(42)24(18-7-9-20(10-8-18)28(30,31)32)37-27(38)14-11-21(12-15-27)29(33,34)35;/h3-10,21-22H,2,11-16H2,1H3,(H,36,41)(H,39,40);1H4/t21?,22-,27?;/m1./s1. The number of hydrogen-bond acceptors (Lipinski definition) is 4. The van der Waals surface area contributed by atoms with E-state index in [4.69, 9.17) is 5.11 Å². The van der Waals surface area contributed by atoms with E-state index in [1.807, 2.05) is 0 Å². The van der Waals surface area contributed by atoms with Crippen molar-refractivity contribution in [2.75, 3.05) is 6.54 Å². The van der Waals surface area contributed by atoms with Gasteiger partial charge in [-0.1, -0.05) is 38.6 Å². The quantitative estimate of drug-likeness (QED) is 0.321. The molecule has 1 spiro atoms. The zero-order valence-corrected chi connectivity index (χ0v) is 22.6. The van der Waals surface area contributed by atoms with Crippen LogP contribution in [-0.4, -0.2) is 51.9 Å². The van der Waals surface area contributed by atoms with Crippen LogP contribution in [0.3, 0.4) is 0 Å². The van der Waals surface area contributed by atoms with E-state index in [1.165, 1.54) is 17.0 Å². The Kier molecular flexibility index (Phi) is 9.97. The van der Waals surface area contributed by atoms with Crippen LogP contribution in [0.25, 0.3) is 0 Å². The van der Waals surface area contributed by atoms with Gasteiger partial charge in [0.1, 0.15) is 11.4 Å². The summed E-state index contributed by atoms with van der Waals surface area (Å²) in [5.74, 6) is -3.71. The van der Waals surface area contributed by atoms with E-state index in [0.29, 0.717) is 12.0 Å². The van der Waals surface area contributed by atoms with Gasteiger partial charge in [-0.05, 0) is 61.9 Å². The first-order chi connectivity index (χ1) is 19.7. The molecule has 1 atom stereocenters. The zero-order chi connectivity index (χ0) is 30.9. The molecule has 1 fully saturated rings. The Morgan fingerprint density at radius 1 is 1.02 bits per heavy atom. The fraction of sp³-hybridized carbons (Fsp3) is 0.467. The lowest BCUT2D eigenvalue weighted by Gasteiger charge is -2.45. The van der Waals surface area contributed by atoms with Crippen LogP contribution in [-0.2, 0) is 15.8 Å². The highest BCUT2D eigenvalue weighted by Gasteiger charge is 2.54. The van der Waals surface area contributed by atoms with Crippen LogP contribution in [0.1, 0.15) is 86.0 Å². The predicted molar refractivity (Wildman–Crippen MR) is 146 cm³/mol. The molecule has 2 aliphatic rings. The average molecular weight is 614 g/mol. The van der Waals surface area contributed by atoms with E-state index >= 15 is 0 Å². The van der Waals surface area contributed by atoms with Gasteiger partial charge >= 0.3 is 18.3 Å². The number of aliphatic carboxylic acids is 1. The van der Waals surface area contributed by atoms with Crippen molar-refractivity contribution in [1.82, 2.24) is 10.2 Å². The molecule has 2 aromatic rings. The number of hydrogen-bond donors (Lipinski definition) is 2. The first kappa shape index (κ1) is 33.6. The number of aliphatic imine (C=N–C) groups is 1. The van der Waals surface area contributed by atoms with Crippen LogP contribution < -0.4 is 5.32 Å². The van der Waals surface area contributed by atoms with Crippen LogP contribution >= 0.6 is 0 Å². The minimum atomic E-state index is -4.59. The maximum atomic E-state index is 13.9. The molecule has 0 bridgehead atoms. The molecule has 4 rings (SSSR count). The van der Waals surface area contributed by atoms with Crippen molar-refractivity contribution in [3.05, 3.63) is 70.8 Å². The van der Waals surface area contributed by atoms with Crippen molar-refractivity contribution < 1.29 is 45.8 Å². The Bertz CT molecular complexity index is 1350. The fourth-order valence-corrected chi connectivity index (χ4v) is 5.62. The van der Waals surface area contributed by atoms with Crippen molar-refractivity contribution in [2.45, 2.75) is 76.9 Å². The number of amides is 2. The molecule has 0 radical (unpaired) electrons. The van der Waals surface area contributed by atoms with E-state index in [2.05, 4.69) is 10.3 Å². The number of alkyl halides is 6. The summed E-state index contributed by atoms with van der Waals surface area (Å²) >= 11 is 0. The average Bonchev–Trinajstić information content (AvgIpc) is 3.20. The summed E-state index contributed by atoms with van der Waals surface area (Å²) in [6.07, 6.45) is -9.57. The van der Waals surface area contributed by atoms with Crippen molar-refractivity contribution in [1.29, 1.82) is 0 Å². The minimum Gasteiger partial charge on any atom is -0.481 e. The van der Waals surface area contributed by atoms with Gasteiger partial charge in [-0.25, -0.2) is 0 Å². The van der Waals surface area contributed by atoms with E-state index in [9.17, 15) is 40.7 Å². The van der Waals surface area contributed by atoms with Crippen molar-refractivity contribution >= 4 is 23.5 Å². The lowest BCUT2D eigenvalue weighted by atomic mass is 9.80. The van der Waals surface area contributed by atoms with Gasteiger partial charge in [-0.3, -0.25) is 19.4 Å². The number of rotatable bonds is 8. The normalized spacial score (nSPS) is 21.3. The lowest BCUT2D eigenvalue weighted by Crippen LogP contribution is -2.51. The highest BCUT2D eigenvalue weighted by atomic mass is 19.4. The highest BCUT2D eigenvalue weighted by Crippen LogP contribution is 2.49. The first-order valence-corrected chi connectivity index (χ1v) is 13.4. The van der Waals surface area contributed by atoms with Gasteiger partial charge in [0.05, 0.1) is 23.9 Å². The number of nitrogens with one attached hydrogen (secondary N) is 1. The molecule has 0 unspecified atom stereocenters. The molecule has 234 valence electrons. The summed E-state index contributed by atoms with van der Waals surface area (Å²) in [6.45, 7) is 1.72. The molecule has 1 aliphatic carbocycles. The summed E-state index contributed by atoms with van der Waals surface area (Å²) < 4.78 is 79.9. The number of nitrogens with zero attached hydrogens (tertiary/aromatic N) is 2. The van der Waals surface area contributed by atoms with Crippen molar-refractivity contribution in [3.63, 3.8) is 0 Å². The Hall–Kier alpha value is -3.90. The Morgan fingerprint density at radius 2 is 1.60 bits per heavy atom. The Labute approximate surface area is 245 Å². The smallest absolute Gasteiger partial charge is 0.416 e. The second-order valence-corrected chi connectivity index (χ2v) is 10.5. The number of carbonyl (C=O) groups is 3. The lowest BCUT2D eigenvalue weighted by molar-refractivity contribution is -0.189. The van der Waals surface area contributed by atoms with Gasteiger partial charge in [0, 0.05) is 17.7 Å². The second-order valence-electron chi connectivity index (χ2n) is 10.5. The van der Waals surface area contributed by atoms with E-state index in [-0.39, 0.29) is 62.9 Å². The molecule has 13 heteroatoms. The third-order valence-electron chi connectivity index (χ3n) is 7.81. The largest absolute Gasteiger partial charge is 0.481 e. The molecule has 0 aromatic heterocycles. The van der Waals surface area contributed by atoms with Gasteiger partial charge in [0.2, 0.25) is 0 Å². The molecule has 2 amide bonds. The molecule has 1 aliphatic heterocycles. The van der Waals surface area contributed by atoms with Gasteiger partial charge in [-0.2, -0.15) is 26.3 Å². The maximum absolute atomic E-state index is 13.9. The first-order valence-electron chi connectivity index (χ1n) is 13.4. The molecular formula is C30H33F6N3O4. The van der Waals surface area contributed by atoms with Crippen molar-refractivity contribution in [2.24, 2.45) is 10.9 Å². The van der Waals surface area contributed by atoms with Crippen LogP contribution in [0, 0.1) is 5.92 Å². The van der Waals surface area contributed by atoms with Crippen LogP contribution in [0.4, 0.5) is 26.3 Å². The van der Waals surface area contributed by atoms with Gasteiger partial charge in [0.15, 0.2) is 0 Å². The van der Waals surface area contributed by atoms with Crippen molar-refractivity contribution in [3.8, 4) is 0 Å². The number of carboxylic acids is 1. The summed E-state index contributed by atoms with van der Waals surface area (Å²) in [4.78, 5) is 43.1. The monoisotopic (exact) mass is 613 g/mol. The number of carbonyl (C=O) groups excluding carboxylic acids is 2.